The highest BCUT2D eigenvalue weighted by molar-refractivity contribution is 6.16. The van der Waals surface area contributed by atoms with Gasteiger partial charge in [-0.2, -0.15) is 0 Å². The van der Waals surface area contributed by atoms with E-state index in [1.807, 2.05) is 71.4 Å². The van der Waals surface area contributed by atoms with Crippen LogP contribution < -0.4 is 5.56 Å². The maximum absolute atomic E-state index is 13.6. The molecule has 0 aliphatic heterocycles. The van der Waals surface area contributed by atoms with E-state index in [9.17, 15) is 4.79 Å². The molecule has 2 aromatic heterocycles. The largest absolute Gasteiger partial charge is 0.276 e. The molecule has 0 aliphatic rings. The van der Waals surface area contributed by atoms with E-state index in [0.717, 1.165) is 43.8 Å². The number of para-hydroxylation sites is 1. The lowest BCUT2D eigenvalue weighted by atomic mass is 9.93. The predicted octanol–water partition coefficient (Wildman–Crippen LogP) is 8.67. The number of benzene rings is 6. The maximum Gasteiger partial charge on any atom is 0.263 e. The van der Waals surface area contributed by atoms with Gasteiger partial charge in [0.2, 0.25) is 0 Å². The number of hydrogen-bond donors (Lipinski definition) is 0. The quantitative estimate of drug-likeness (QED) is 0.177. The maximum atomic E-state index is 13.6. The van der Waals surface area contributed by atoms with Crippen molar-refractivity contribution < 1.29 is 0 Å². The summed E-state index contributed by atoms with van der Waals surface area (Å²) >= 11 is 0. The fourth-order valence-electron chi connectivity index (χ4n) is 5.99. The summed E-state index contributed by atoms with van der Waals surface area (Å²) in [4.78, 5) is 18.2. The van der Waals surface area contributed by atoms with Gasteiger partial charge in [-0.3, -0.25) is 14.3 Å². The standard InChI is InChI=1S/C36H22N2O/c39-36-31-12-5-4-11-29(31)33-20-23(16-18-35(33)38(36)26-9-2-1-3-10-26)27-13-6-14-28-30(27)17-15-24-22-34-25(21-32(24)28)8-7-19-37-34/h1-22H. The van der Waals surface area contributed by atoms with Crippen LogP contribution in [0.2, 0.25) is 0 Å². The van der Waals surface area contributed by atoms with Gasteiger partial charge in [0.1, 0.15) is 0 Å². The van der Waals surface area contributed by atoms with Gasteiger partial charge in [-0.1, -0.05) is 78.9 Å². The minimum absolute atomic E-state index is 0.00426. The van der Waals surface area contributed by atoms with Crippen molar-refractivity contribution in [2.75, 3.05) is 0 Å². The van der Waals surface area contributed by atoms with Crippen molar-refractivity contribution >= 4 is 54.1 Å². The summed E-state index contributed by atoms with van der Waals surface area (Å²) < 4.78 is 1.83. The Morgan fingerprint density at radius 1 is 0.513 bits per heavy atom. The minimum Gasteiger partial charge on any atom is -0.276 e. The van der Waals surface area contributed by atoms with E-state index < -0.39 is 0 Å². The van der Waals surface area contributed by atoms with Crippen LogP contribution in [0, 0.1) is 0 Å². The Balaban J connectivity index is 1.43. The van der Waals surface area contributed by atoms with E-state index in [1.54, 1.807) is 0 Å². The van der Waals surface area contributed by atoms with Gasteiger partial charge in [-0.05, 0) is 86.6 Å². The first-order valence-corrected chi connectivity index (χ1v) is 13.1. The van der Waals surface area contributed by atoms with Crippen LogP contribution in [0.25, 0.3) is 70.9 Å². The molecule has 0 saturated heterocycles. The summed E-state index contributed by atoms with van der Waals surface area (Å²) in [5.41, 5.74) is 5.06. The third-order valence-corrected chi connectivity index (χ3v) is 7.81. The van der Waals surface area contributed by atoms with E-state index in [0.29, 0.717) is 0 Å². The van der Waals surface area contributed by atoms with Crippen LogP contribution in [0.15, 0.2) is 138 Å². The molecule has 0 saturated carbocycles. The van der Waals surface area contributed by atoms with E-state index in [1.165, 1.54) is 27.1 Å². The van der Waals surface area contributed by atoms with Crippen molar-refractivity contribution in [1.82, 2.24) is 9.55 Å². The number of hydrogen-bond acceptors (Lipinski definition) is 2. The van der Waals surface area contributed by atoms with Crippen molar-refractivity contribution in [1.29, 1.82) is 0 Å². The molecule has 0 atom stereocenters. The van der Waals surface area contributed by atoms with E-state index in [4.69, 9.17) is 0 Å². The van der Waals surface area contributed by atoms with E-state index in [-0.39, 0.29) is 5.56 Å². The van der Waals surface area contributed by atoms with Crippen molar-refractivity contribution in [3.63, 3.8) is 0 Å². The highest BCUT2D eigenvalue weighted by atomic mass is 16.1. The number of nitrogens with zero attached hydrogens (tertiary/aromatic N) is 2. The second-order valence-corrected chi connectivity index (χ2v) is 9.99. The van der Waals surface area contributed by atoms with Crippen LogP contribution in [0.5, 0.6) is 0 Å². The first kappa shape index (κ1) is 21.8. The molecule has 0 unspecified atom stereocenters. The SMILES string of the molecule is O=c1c2ccccc2c2cc(-c3cccc4c3ccc3cc5ncccc5cc34)ccc2n1-c1ccccc1. The van der Waals surface area contributed by atoms with Gasteiger partial charge in [0.15, 0.2) is 0 Å². The van der Waals surface area contributed by atoms with Gasteiger partial charge in [0.25, 0.3) is 5.56 Å². The molecule has 39 heavy (non-hydrogen) atoms. The predicted molar refractivity (Wildman–Crippen MR) is 163 cm³/mol. The van der Waals surface area contributed by atoms with Gasteiger partial charge >= 0.3 is 0 Å². The lowest BCUT2D eigenvalue weighted by molar-refractivity contribution is 1.06. The molecule has 0 radical (unpaired) electrons. The van der Waals surface area contributed by atoms with Crippen molar-refractivity contribution in [2.24, 2.45) is 0 Å². The number of fused-ring (bicyclic) bond motifs is 7. The van der Waals surface area contributed by atoms with Crippen LogP contribution in [-0.2, 0) is 0 Å². The highest BCUT2D eigenvalue weighted by Crippen LogP contribution is 2.36. The second kappa shape index (κ2) is 8.37. The topological polar surface area (TPSA) is 34.9 Å². The van der Waals surface area contributed by atoms with Crippen molar-refractivity contribution in [3.8, 4) is 16.8 Å². The summed E-state index contributed by atoms with van der Waals surface area (Å²) in [6.45, 7) is 0. The van der Waals surface area contributed by atoms with Gasteiger partial charge in [0.05, 0.1) is 11.0 Å². The third kappa shape index (κ3) is 3.30. The Hall–Kier alpha value is -5.28. The first-order valence-electron chi connectivity index (χ1n) is 13.1. The second-order valence-electron chi connectivity index (χ2n) is 9.99. The fourth-order valence-corrected chi connectivity index (χ4v) is 5.99. The lowest BCUT2D eigenvalue weighted by Crippen LogP contribution is -2.19. The van der Waals surface area contributed by atoms with Crippen LogP contribution in [-0.4, -0.2) is 9.55 Å². The molecule has 3 nitrogen and oxygen atoms in total. The molecule has 8 rings (SSSR count). The smallest absolute Gasteiger partial charge is 0.263 e. The summed E-state index contributed by atoms with van der Waals surface area (Å²) in [6, 6.07) is 43.7. The Bertz CT molecular complexity index is 2300. The monoisotopic (exact) mass is 498 g/mol. The molecule has 3 heteroatoms. The molecule has 0 fully saturated rings. The fraction of sp³-hybridized carbons (Fsp3) is 0. The van der Waals surface area contributed by atoms with Crippen molar-refractivity contribution in [3.05, 3.63) is 144 Å². The molecule has 0 bridgehead atoms. The molecule has 8 aromatic rings. The summed E-state index contributed by atoms with van der Waals surface area (Å²) in [5, 5.41) is 8.71. The number of rotatable bonds is 2. The lowest BCUT2D eigenvalue weighted by Gasteiger charge is -2.15. The van der Waals surface area contributed by atoms with Crippen molar-refractivity contribution in [2.45, 2.75) is 0 Å². The molecular formula is C36H22N2O. The number of aromatic nitrogens is 2. The van der Waals surface area contributed by atoms with E-state index in [2.05, 4.69) is 71.7 Å². The van der Waals surface area contributed by atoms with E-state index >= 15 is 0 Å². The molecule has 0 spiro atoms. The zero-order chi connectivity index (χ0) is 25.9. The Morgan fingerprint density at radius 2 is 1.31 bits per heavy atom. The summed E-state index contributed by atoms with van der Waals surface area (Å²) in [5.74, 6) is 0. The molecule has 0 N–H and O–H groups in total. The minimum atomic E-state index is -0.00426. The zero-order valence-electron chi connectivity index (χ0n) is 21.0. The third-order valence-electron chi connectivity index (χ3n) is 7.81. The van der Waals surface area contributed by atoms with Crippen LogP contribution >= 0.6 is 0 Å². The van der Waals surface area contributed by atoms with Crippen LogP contribution in [0.4, 0.5) is 0 Å². The molecular weight excluding hydrogens is 476 g/mol. The molecule has 0 amide bonds. The number of pyridine rings is 2. The van der Waals surface area contributed by atoms with Gasteiger partial charge in [-0.25, -0.2) is 0 Å². The Morgan fingerprint density at radius 3 is 2.21 bits per heavy atom. The summed E-state index contributed by atoms with van der Waals surface area (Å²) in [7, 11) is 0. The summed E-state index contributed by atoms with van der Waals surface area (Å²) in [6.07, 6.45) is 1.84. The van der Waals surface area contributed by atoms with Gasteiger partial charge in [-0.15, -0.1) is 0 Å². The Labute approximate surface area is 224 Å². The Kier molecular flexibility index (Phi) is 4.67. The molecule has 2 heterocycles. The molecule has 6 aromatic carbocycles. The zero-order valence-corrected chi connectivity index (χ0v) is 21.0. The molecule has 182 valence electrons. The van der Waals surface area contributed by atoms with Crippen LogP contribution in [0.3, 0.4) is 0 Å². The van der Waals surface area contributed by atoms with Gasteiger partial charge < -0.3 is 0 Å². The van der Waals surface area contributed by atoms with Gasteiger partial charge in [0, 0.05) is 28.0 Å². The average Bonchev–Trinajstić information content (AvgIpc) is 3.00. The molecule has 0 aliphatic carbocycles. The highest BCUT2D eigenvalue weighted by Gasteiger charge is 2.14. The normalized spacial score (nSPS) is 11.7. The first-order chi connectivity index (χ1) is 19.3. The average molecular weight is 499 g/mol. The van der Waals surface area contributed by atoms with Crippen LogP contribution in [0.1, 0.15) is 0 Å².